The Morgan fingerprint density at radius 3 is 2.86 bits per heavy atom. The normalized spacial score (nSPS) is 19.1. The van der Waals surface area contributed by atoms with Crippen molar-refractivity contribution in [2.75, 3.05) is 19.7 Å². The van der Waals surface area contributed by atoms with Crippen LogP contribution >= 0.6 is 0 Å². The van der Waals surface area contributed by atoms with Crippen LogP contribution in [0.3, 0.4) is 0 Å². The van der Waals surface area contributed by atoms with Crippen molar-refractivity contribution in [2.45, 2.75) is 33.6 Å². The first-order valence-corrected chi connectivity index (χ1v) is 7.67. The third-order valence-electron chi connectivity index (χ3n) is 3.96. The van der Waals surface area contributed by atoms with Gasteiger partial charge in [-0.3, -0.25) is 4.79 Å². The van der Waals surface area contributed by atoms with Crippen molar-refractivity contribution >= 4 is 11.9 Å². The van der Waals surface area contributed by atoms with Crippen molar-refractivity contribution in [3.05, 3.63) is 35.3 Å². The first-order valence-electron chi connectivity index (χ1n) is 7.67. The Labute approximate surface area is 130 Å². The SMILES string of the molecule is C/C=C(\C)C(=O)OC[C@@H]1CCCN(C(=O)c2ccc(C)o2)C1. The van der Waals surface area contributed by atoms with Gasteiger partial charge in [-0.15, -0.1) is 0 Å². The van der Waals surface area contributed by atoms with Crippen LogP contribution in [0.1, 0.15) is 43.0 Å². The Hall–Kier alpha value is -2.04. The fourth-order valence-corrected chi connectivity index (χ4v) is 2.52. The Morgan fingerprint density at radius 2 is 2.23 bits per heavy atom. The largest absolute Gasteiger partial charge is 0.462 e. The summed E-state index contributed by atoms with van der Waals surface area (Å²) in [6.07, 6.45) is 3.61. The minimum absolute atomic E-state index is 0.0891. The molecule has 1 aromatic heterocycles. The van der Waals surface area contributed by atoms with Gasteiger partial charge in [-0.1, -0.05) is 6.08 Å². The number of amides is 1. The molecule has 2 heterocycles. The Balaban J connectivity index is 1.89. The van der Waals surface area contributed by atoms with Crippen LogP contribution in [0.4, 0.5) is 0 Å². The Bertz CT molecular complexity index is 573. The van der Waals surface area contributed by atoms with E-state index in [9.17, 15) is 9.59 Å². The summed E-state index contributed by atoms with van der Waals surface area (Å²) in [4.78, 5) is 25.8. The summed E-state index contributed by atoms with van der Waals surface area (Å²) >= 11 is 0. The van der Waals surface area contributed by atoms with Gasteiger partial charge in [0.25, 0.3) is 5.91 Å². The van der Waals surface area contributed by atoms with E-state index >= 15 is 0 Å². The molecule has 1 saturated heterocycles. The molecule has 1 atom stereocenters. The monoisotopic (exact) mass is 305 g/mol. The topological polar surface area (TPSA) is 59.8 Å². The van der Waals surface area contributed by atoms with Gasteiger partial charge in [-0.05, 0) is 45.7 Å². The third-order valence-corrected chi connectivity index (χ3v) is 3.96. The number of ether oxygens (including phenoxy) is 1. The number of hydrogen-bond acceptors (Lipinski definition) is 4. The number of esters is 1. The van der Waals surface area contributed by atoms with Gasteiger partial charge < -0.3 is 14.1 Å². The van der Waals surface area contributed by atoms with Gasteiger partial charge in [0.2, 0.25) is 0 Å². The molecule has 2 rings (SSSR count). The highest BCUT2D eigenvalue weighted by Gasteiger charge is 2.27. The molecule has 120 valence electrons. The standard InChI is InChI=1S/C17H23NO4/c1-4-12(2)17(20)21-11-14-6-5-9-18(10-14)16(19)15-8-7-13(3)22-15/h4,7-8,14H,5-6,9-11H2,1-3H3/b12-4+/t14-/m1/s1. The van der Waals surface area contributed by atoms with E-state index in [2.05, 4.69) is 0 Å². The van der Waals surface area contributed by atoms with E-state index in [1.165, 1.54) is 0 Å². The maximum atomic E-state index is 12.4. The Kier molecular flexibility index (Phi) is 5.41. The number of allylic oxidation sites excluding steroid dienone is 1. The van der Waals surface area contributed by atoms with Gasteiger partial charge in [0.05, 0.1) is 6.61 Å². The van der Waals surface area contributed by atoms with Crippen LogP contribution in [0.5, 0.6) is 0 Å². The first-order chi connectivity index (χ1) is 10.5. The van der Waals surface area contributed by atoms with E-state index in [1.807, 2.05) is 13.8 Å². The van der Waals surface area contributed by atoms with Crippen molar-refractivity contribution in [3.8, 4) is 0 Å². The number of carbonyl (C=O) groups is 2. The van der Waals surface area contributed by atoms with Gasteiger partial charge in [-0.25, -0.2) is 4.79 Å². The van der Waals surface area contributed by atoms with Gasteiger partial charge in [0.1, 0.15) is 5.76 Å². The van der Waals surface area contributed by atoms with Crippen molar-refractivity contribution < 1.29 is 18.7 Å². The van der Waals surface area contributed by atoms with Crippen molar-refractivity contribution in [2.24, 2.45) is 5.92 Å². The minimum Gasteiger partial charge on any atom is -0.462 e. The molecule has 1 fully saturated rings. The molecular weight excluding hydrogens is 282 g/mol. The van der Waals surface area contributed by atoms with E-state index in [0.29, 0.717) is 24.5 Å². The molecule has 5 nitrogen and oxygen atoms in total. The number of nitrogens with zero attached hydrogens (tertiary/aromatic N) is 1. The molecule has 0 aliphatic carbocycles. The number of piperidine rings is 1. The number of likely N-dealkylation sites (tertiary alicyclic amines) is 1. The highest BCUT2D eigenvalue weighted by molar-refractivity contribution is 5.91. The van der Waals surface area contributed by atoms with E-state index < -0.39 is 0 Å². The summed E-state index contributed by atoms with van der Waals surface area (Å²) in [6.45, 7) is 7.03. The molecule has 0 saturated carbocycles. The predicted molar refractivity (Wildman–Crippen MR) is 82.5 cm³/mol. The van der Waals surface area contributed by atoms with Gasteiger partial charge >= 0.3 is 5.97 Å². The molecule has 0 N–H and O–H groups in total. The van der Waals surface area contributed by atoms with E-state index in [4.69, 9.17) is 9.15 Å². The van der Waals surface area contributed by atoms with E-state index in [0.717, 1.165) is 25.1 Å². The fraction of sp³-hybridized carbons (Fsp3) is 0.529. The highest BCUT2D eigenvalue weighted by Crippen LogP contribution is 2.20. The summed E-state index contributed by atoms with van der Waals surface area (Å²) < 4.78 is 10.7. The van der Waals surface area contributed by atoms with Crippen LogP contribution in [0.25, 0.3) is 0 Å². The average molecular weight is 305 g/mol. The second kappa shape index (κ2) is 7.29. The van der Waals surface area contributed by atoms with Crippen LogP contribution in [-0.2, 0) is 9.53 Å². The van der Waals surface area contributed by atoms with E-state index in [1.54, 1.807) is 30.0 Å². The first kappa shape index (κ1) is 16.3. The minimum atomic E-state index is -0.285. The summed E-state index contributed by atoms with van der Waals surface area (Å²) in [5.41, 5.74) is 0.606. The zero-order valence-corrected chi connectivity index (χ0v) is 13.4. The number of carbonyl (C=O) groups excluding carboxylic acids is 2. The van der Waals surface area contributed by atoms with Crippen molar-refractivity contribution in [3.63, 3.8) is 0 Å². The summed E-state index contributed by atoms with van der Waals surface area (Å²) in [7, 11) is 0. The molecule has 1 aromatic rings. The fourth-order valence-electron chi connectivity index (χ4n) is 2.52. The molecule has 22 heavy (non-hydrogen) atoms. The molecule has 0 bridgehead atoms. The van der Waals surface area contributed by atoms with Crippen molar-refractivity contribution in [1.29, 1.82) is 0 Å². The quantitative estimate of drug-likeness (QED) is 0.634. The molecule has 0 spiro atoms. The smallest absolute Gasteiger partial charge is 0.333 e. The third kappa shape index (κ3) is 4.00. The lowest BCUT2D eigenvalue weighted by molar-refractivity contribution is -0.140. The maximum Gasteiger partial charge on any atom is 0.333 e. The number of rotatable bonds is 4. The second-order valence-electron chi connectivity index (χ2n) is 5.74. The second-order valence-corrected chi connectivity index (χ2v) is 5.74. The molecule has 0 radical (unpaired) electrons. The molecule has 0 unspecified atom stereocenters. The number of aryl methyl sites for hydroxylation is 1. The zero-order chi connectivity index (χ0) is 16.1. The molecule has 5 heteroatoms. The molecule has 1 aliphatic rings. The zero-order valence-electron chi connectivity index (χ0n) is 13.4. The number of furan rings is 1. The summed E-state index contributed by atoms with van der Waals surface area (Å²) in [5.74, 6) is 0.913. The van der Waals surface area contributed by atoms with Gasteiger partial charge in [0.15, 0.2) is 5.76 Å². The van der Waals surface area contributed by atoms with Gasteiger partial charge in [0, 0.05) is 24.6 Å². The van der Waals surface area contributed by atoms with Gasteiger partial charge in [-0.2, -0.15) is 0 Å². The summed E-state index contributed by atoms with van der Waals surface area (Å²) in [6, 6.07) is 3.49. The van der Waals surface area contributed by atoms with Crippen LogP contribution in [0.2, 0.25) is 0 Å². The lowest BCUT2D eigenvalue weighted by Gasteiger charge is -2.31. The molecule has 1 amide bonds. The highest BCUT2D eigenvalue weighted by atomic mass is 16.5. The van der Waals surface area contributed by atoms with Crippen LogP contribution in [0.15, 0.2) is 28.2 Å². The Morgan fingerprint density at radius 1 is 1.45 bits per heavy atom. The average Bonchev–Trinajstić information content (AvgIpc) is 2.97. The lowest BCUT2D eigenvalue weighted by Crippen LogP contribution is -2.41. The molecule has 0 aromatic carbocycles. The molecule has 1 aliphatic heterocycles. The summed E-state index contributed by atoms with van der Waals surface area (Å²) in [5, 5.41) is 0. The van der Waals surface area contributed by atoms with Crippen LogP contribution in [0, 0.1) is 12.8 Å². The number of hydrogen-bond donors (Lipinski definition) is 0. The maximum absolute atomic E-state index is 12.4. The van der Waals surface area contributed by atoms with Crippen molar-refractivity contribution in [1.82, 2.24) is 4.90 Å². The predicted octanol–water partition coefficient (Wildman–Crippen LogP) is 2.95. The molecular formula is C17H23NO4. The van der Waals surface area contributed by atoms with E-state index in [-0.39, 0.29) is 17.8 Å². The van der Waals surface area contributed by atoms with Crippen LogP contribution < -0.4 is 0 Å². The van der Waals surface area contributed by atoms with Crippen LogP contribution in [-0.4, -0.2) is 36.5 Å². The lowest BCUT2D eigenvalue weighted by atomic mass is 9.99.